The molecular weight excluding hydrogens is 476 g/mol. The van der Waals surface area contributed by atoms with E-state index in [1.165, 1.54) is 101 Å². The van der Waals surface area contributed by atoms with E-state index in [0.717, 1.165) is 11.3 Å². The summed E-state index contributed by atoms with van der Waals surface area (Å²) in [5, 5.41) is 0. The van der Waals surface area contributed by atoms with Crippen molar-refractivity contribution in [3.63, 3.8) is 0 Å². The van der Waals surface area contributed by atoms with Crippen molar-refractivity contribution < 1.29 is 19.1 Å². The highest BCUT2D eigenvalue weighted by Gasteiger charge is 2.38. The van der Waals surface area contributed by atoms with E-state index in [9.17, 15) is 14.4 Å². The summed E-state index contributed by atoms with van der Waals surface area (Å²) >= 11 is 0. The third-order valence-electron chi connectivity index (χ3n) is 7.45. The highest BCUT2D eigenvalue weighted by molar-refractivity contribution is 6.26. The number of carbonyl (C=O) groups excluding carboxylic acids is 3. The Kier molecular flexibility index (Phi) is 16.7. The van der Waals surface area contributed by atoms with Gasteiger partial charge in [0.1, 0.15) is 6.42 Å². The number of ether oxygens (including phenoxy) is 1. The van der Waals surface area contributed by atoms with Gasteiger partial charge in [0.05, 0.1) is 11.8 Å². The van der Waals surface area contributed by atoms with Crippen LogP contribution in [0.5, 0.6) is 0 Å². The zero-order chi connectivity index (χ0) is 27.4. The molecule has 6 nitrogen and oxygen atoms in total. The molecule has 1 aromatic carbocycles. The van der Waals surface area contributed by atoms with E-state index in [4.69, 9.17) is 4.74 Å². The first-order valence-corrected chi connectivity index (χ1v) is 15.4. The summed E-state index contributed by atoms with van der Waals surface area (Å²) in [6, 6.07) is 8.20. The van der Waals surface area contributed by atoms with Crippen molar-refractivity contribution in [3.05, 3.63) is 30.3 Å². The van der Waals surface area contributed by atoms with Crippen LogP contribution < -0.4 is 4.90 Å². The van der Waals surface area contributed by atoms with Crippen molar-refractivity contribution in [1.82, 2.24) is 4.90 Å². The second kappa shape index (κ2) is 19.8. The Hall–Kier alpha value is -2.21. The standard InChI is InChI=1S/C32H52N2O4/c1-3-4-5-6-7-8-9-10-11-12-13-14-15-16-17-21-26-38-28(2)24-25-33-30(35)27-31(36)34(32(33)37)29-22-19-18-20-23-29/h18-20,22-23,28H,3-17,21,24-27H2,1-2H3. The molecule has 1 aromatic rings. The van der Waals surface area contributed by atoms with Gasteiger partial charge in [-0.1, -0.05) is 121 Å². The number of amides is 4. The zero-order valence-electron chi connectivity index (χ0n) is 24.1. The molecule has 0 saturated carbocycles. The summed E-state index contributed by atoms with van der Waals surface area (Å²) in [5.41, 5.74) is 0.493. The second-order valence-electron chi connectivity index (χ2n) is 10.8. The fraction of sp³-hybridized carbons (Fsp3) is 0.719. The molecule has 0 radical (unpaired) electrons. The van der Waals surface area contributed by atoms with Gasteiger partial charge in [0.15, 0.2) is 0 Å². The second-order valence-corrected chi connectivity index (χ2v) is 10.8. The minimum Gasteiger partial charge on any atom is -0.378 e. The Labute approximate surface area is 231 Å². The molecule has 1 fully saturated rings. The number of carbonyl (C=O) groups is 3. The van der Waals surface area contributed by atoms with Gasteiger partial charge in [-0.15, -0.1) is 0 Å². The van der Waals surface area contributed by atoms with Crippen LogP contribution in [0.2, 0.25) is 0 Å². The predicted molar refractivity (Wildman–Crippen MR) is 155 cm³/mol. The van der Waals surface area contributed by atoms with E-state index in [-0.39, 0.29) is 19.1 Å². The number of benzene rings is 1. The molecule has 6 heteroatoms. The summed E-state index contributed by atoms with van der Waals surface area (Å²) < 4.78 is 5.93. The van der Waals surface area contributed by atoms with Crippen LogP contribution in [0.4, 0.5) is 10.5 Å². The van der Waals surface area contributed by atoms with Crippen molar-refractivity contribution in [2.24, 2.45) is 0 Å². The van der Waals surface area contributed by atoms with Crippen molar-refractivity contribution >= 4 is 23.5 Å². The summed E-state index contributed by atoms with van der Waals surface area (Å²) in [6.07, 6.45) is 21.8. The number of barbiturate groups is 1. The van der Waals surface area contributed by atoms with Crippen LogP contribution in [0, 0.1) is 0 Å². The van der Waals surface area contributed by atoms with Gasteiger partial charge in [0, 0.05) is 13.2 Å². The highest BCUT2D eigenvalue weighted by Crippen LogP contribution is 2.22. The summed E-state index contributed by atoms with van der Waals surface area (Å²) in [7, 11) is 0. The van der Waals surface area contributed by atoms with Crippen molar-refractivity contribution in [2.75, 3.05) is 18.1 Å². The first-order valence-electron chi connectivity index (χ1n) is 15.4. The van der Waals surface area contributed by atoms with Crippen LogP contribution >= 0.6 is 0 Å². The minimum absolute atomic E-state index is 0.0465. The van der Waals surface area contributed by atoms with Gasteiger partial charge in [-0.25, -0.2) is 9.69 Å². The Balaban J connectivity index is 1.45. The maximum Gasteiger partial charge on any atom is 0.338 e. The number of imide groups is 2. The summed E-state index contributed by atoms with van der Waals surface area (Å²) in [6.45, 7) is 5.22. The largest absolute Gasteiger partial charge is 0.378 e. The van der Waals surface area contributed by atoms with E-state index in [0.29, 0.717) is 18.7 Å². The molecule has 1 unspecified atom stereocenters. The Bertz CT molecular complexity index is 798. The van der Waals surface area contributed by atoms with Crippen LogP contribution in [0.15, 0.2) is 30.3 Å². The highest BCUT2D eigenvalue weighted by atomic mass is 16.5. The lowest BCUT2D eigenvalue weighted by Gasteiger charge is -2.33. The number of nitrogens with zero attached hydrogens (tertiary/aromatic N) is 2. The Morgan fingerprint density at radius 1 is 0.711 bits per heavy atom. The average molecular weight is 529 g/mol. The molecule has 0 aromatic heterocycles. The number of unbranched alkanes of at least 4 members (excludes halogenated alkanes) is 15. The first-order chi connectivity index (χ1) is 18.5. The predicted octanol–water partition coefficient (Wildman–Crippen LogP) is 8.43. The van der Waals surface area contributed by atoms with Gasteiger partial charge < -0.3 is 4.74 Å². The molecule has 0 aliphatic carbocycles. The number of para-hydroxylation sites is 1. The molecule has 0 N–H and O–H groups in total. The maximum atomic E-state index is 12.9. The lowest BCUT2D eigenvalue weighted by molar-refractivity contribution is -0.135. The van der Waals surface area contributed by atoms with Gasteiger partial charge >= 0.3 is 6.03 Å². The third kappa shape index (κ3) is 12.6. The molecule has 1 aliphatic rings. The van der Waals surface area contributed by atoms with Crippen molar-refractivity contribution in [3.8, 4) is 0 Å². The van der Waals surface area contributed by atoms with Gasteiger partial charge in [0.25, 0.3) is 0 Å². The fourth-order valence-electron chi connectivity index (χ4n) is 5.02. The molecule has 1 heterocycles. The lowest BCUT2D eigenvalue weighted by atomic mass is 10.0. The van der Waals surface area contributed by atoms with E-state index in [2.05, 4.69) is 6.92 Å². The number of hydrogen-bond donors (Lipinski definition) is 0. The maximum absolute atomic E-state index is 12.9. The zero-order valence-corrected chi connectivity index (χ0v) is 24.1. The van der Waals surface area contributed by atoms with Crippen molar-refractivity contribution in [2.45, 2.75) is 136 Å². The van der Waals surface area contributed by atoms with Gasteiger partial charge in [-0.05, 0) is 31.9 Å². The molecule has 214 valence electrons. The molecule has 0 spiro atoms. The minimum atomic E-state index is -0.567. The Morgan fingerprint density at radius 2 is 1.21 bits per heavy atom. The van der Waals surface area contributed by atoms with E-state index >= 15 is 0 Å². The number of rotatable bonds is 22. The van der Waals surface area contributed by atoms with Crippen LogP contribution in [0.25, 0.3) is 0 Å². The molecule has 1 saturated heterocycles. The first kappa shape index (κ1) is 32.0. The van der Waals surface area contributed by atoms with E-state index in [1.54, 1.807) is 24.3 Å². The molecule has 38 heavy (non-hydrogen) atoms. The number of anilines is 1. The molecule has 4 amide bonds. The fourth-order valence-corrected chi connectivity index (χ4v) is 5.02. The van der Waals surface area contributed by atoms with Crippen LogP contribution in [0.1, 0.15) is 129 Å². The normalized spacial score (nSPS) is 14.9. The number of hydrogen-bond acceptors (Lipinski definition) is 4. The van der Waals surface area contributed by atoms with Gasteiger partial charge in [-0.3, -0.25) is 14.5 Å². The average Bonchev–Trinajstić information content (AvgIpc) is 2.90. The number of urea groups is 1. The molecule has 1 aliphatic heterocycles. The SMILES string of the molecule is CCCCCCCCCCCCCCCCCCOC(C)CCN1C(=O)CC(=O)N(c2ccccc2)C1=O. The molecule has 2 rings (SSSR count). The van der Waals surface area contributed by atoms with Gasteiger partial charge in [0.2, 0.25) is 11.8 Å². The van der Waals surface area contributed by atoms with Gasteiger partial charge in [-0.2, -0.15) is 0 Å². The third-order valence-corrected chi connectivity index (χ3v) is 7.45. The lowest BCUT2D eigenvalue weighted by Crippen LogP contribution is -2.55. The molecular formula is C32H52N2O4. The Morgan fingerprint density at radius 3 is 1.74 bits per heavy atom. The monoisotopic (exact) mass is 528 g/mol. The van der Waals surface area contributed by atoms with Crippen LogP contribution in [0.3, 0.4) is 0 Å². The van der Waals surface area contributed by atoms with Crippen LogP contribution in [-0.4, -0.2) is 42.0 Å². The topological polar surface area (TPSA) is 66.9 Å². The van der Waals surface area contributed by atoms with Crippen molar-refractivity contribution in [1.29, 1.82) is 0 Å². The molecule has 1 atom stereocenters. The summed E-state index contributed by atoms with van der Waals surface area (Å²) in [5.74, 6) is -0.910. The quantitative estimate of drug-likeness (QED) is 0.112. The smallest absolute Gasteiger partial charge is 0.338 e. The van der Waals surface area contributed by atoms with Crippen LogP contribution in [-0.2, 0) is 14.3 Å². The van der Waals surface area contributed by atoms with E-state index < -0.39 is 17.8 Å². The summed E-state index contributed by atoms with van der Waals surface area (Å²) in [4.78, 5) is 39.8. The molecule has 0 bridgehead atoms. The van der Waals surface area contributed by atoms with E-state index in [1.807, 2.05) is 13.0 Å².